The second-order valence-electron chi connectivity index (χ2n) is 9.66. The number of unbranched alkanes of at least 4 members (excludes halogenated alkanes) is 12. The largest absolute Gasteiger partial charge is 0.465 e. The molecule has 0 spiro atoms. The monoisotopic (exact) mass is 410 g/mol. The summed E-state index contributed by atoms with van der Waals surface area (Å²) in [4.78, 5) is 12.1. The molecule has 0 fully saturated rings. The molecule has 0 aromatic rings. The van der Waals surface area contributed by atoms with Gasteiger partial charge in [-0.15, -0.1) is 0 Å². The molecule has 0 radical (unpaired) electrons. The standard InChI is InChI=1S/C27H54O2/c1-5-7-9-13-18-22-26(21-16-8-6-2)24-29-27(28)23-19-15-12-10-11-14-17-20-25(3)4/h25-26H,5-24H2,1-4H3. The molecule has 0 saturated heterocycles. The van der Waals surface area contributed by atoms with E-state index >= 15 is 0 Å². The van der Waals surface area contributed by atoms with Gasteiger partial charge in [-0.1, -0.05) is 124 Å². The van der Waals surface area contributed by atoms with Crippen LogP contribution in [0.15, 0.2) is 0 Å². The minimum absolute atomic E-state index is 0.0356. The number of esters is 1. The average Bonchev–Trinajstić information content (AvgIpc) is 2.70. The van der Waals surface area contributed by atoms with Crippen molar-refractivity contribution in [2.24, 2.45) is 11.8 Å². The second kappa shape index (κ2) is 22.2. The average molecular weight is 411 g/mol. The molecule has 0 aromatic heterocycles. The third kappa shape index (κ3) is 22.0. The molecule has 2 heteroatoms. The van der Waals surface area contributed by atoms with E-state index in [0.29, 0.717) is 18.9 Å². The van der Waals surface area contributed by atoms with E-state index in [1.807, 2.05) is 0 Å². The molecule has 29 heavy (non-hydrogen) atoms. The molecule has 0 aliphatic carbocycles. The van der Waals surface area contributed by atoms with Crippen LogP contribution in [-0.4, -0.2) is 12.6 Å². The molecule has 0 amide bonds. The lowest BCUT2D eigenvalue weighted by Gasteiger charge is -2.17. The summed E-state index contributed by atoms with van der Waals surface area (Å²) >= 11 is 0. The van der Waals surface area contributed by atoms with E-state index in [1.165, 1.54) is 109 Å². The highest BCUT2D eigenvalue weighted by Crippen LogP contribution is 2.19. The normalized spacial score (nSPS) is 12.4. The SMILES string of the molecule is CCCCCCCC(CCCCC)COC(=O)CCCCCCCCCC(C)C. The van der Waals surface area contributed by atoms with Gasteiger partial charge in [0.1, 0.15) is 0 Å². The van der Waals surface area contributed by atoms with Crippen LogP contribution in [-0.2, 0) is 9.53 Å². The molecule has 0 N–H and O–H groups in total. The summed E-state index contributed by atoms with van der Waals surface area (Å²) in [5.41, 5.74) is 0. The van der Waals surface area contributed by atoms with E-state index in [2.05, 4.69) is 27.7 Å². The molecule has 2 nitrogen and oxygen atoms in total. The van der Waals surface area contributed by atoms with Crippen LogP contribution >= 0.6 is 0 Å². The van der Waals surface area contributed by atoms with Crippen molar-refractivity contribution in [1.29, 1.82) is 0 Å². The van der Waals surface area contributed by atoms with Crippen molar-refractivity contribution in [2.45, 2.75) is 150 Å². The summed E-state index contributed by atoms with van der Waals surface area (Å²) in [7, 11) is 0. The Labute approximate surface area is 184 Å². The minimum Gasteiger partial charge on any atom is -0.465 e. The molecular weight excluding hydrogens is 356 g/mol. The van der Waals surface area contributed by atoms with Crippen molar-refractivity contribution < 1.29 is 9.53 Å². The molecule has 0 bridgehead atoms. The van der Waals surface area contributed by atoms with Crippen molar-refractivity contribution in [2.75, 3.05) is 6.61 Å². The van der Waals surface area contributed by atoms with Gasteiger partial charge in [0.05, 0.1) is 6.61 Å². The molecular formula is C27H54O2. The zero-order chi connectivity index (χ0) is 21.6. The molecule has 174 valence electrons. The third-order valence-electron chi connectivity index (χ3n) is 6.07. The van der Waals surface area contributed by atoms with Crippen molar-refractivity contribution in [1.82, 2.24) is 0 Å². The highest BCUT2D eigenvalue weighted by molar-refractivity contribution is 5.69. The van der Waals surface area contributed by atoms with Crippen molar-refractivity contribution in [3.63, 3.8) is 0 Å². The van der Waals surface area contributed by atoms with Gasteiger partial charge in [0.25, 0.3) is 0 Å². The second-order valence-corrected chi connectivity index (χ2v) is 9.66. The zero-order valence-electron chi connectivity index (χ0n) is 20.6. The summed E-state index contributed by atoms with van der Waals surface area (Å²) in [6, 6.07) is 0. The lowest BCUT2D eigenvalue weighted by molar-refractivity contribution is -0.145. The van der Waals surface area contributed by atoms with Gasteiger partial charge in [0, 0.05) is 6.42 Å². The summed E-state index contributed by atoms with van der Waals surface area (Å²) in [6.07, 6.45) is 23.8. The van der Waals surface area contributed by atoms with E-state index in [1.54, 1.807) is 0 Å². The van der Waals surface area contributed by atoms with Gasteiger partial charge in [-0.25, -0.2) is 0 Å². The van der Waals surface area contributed by atoms with Crippen LogP contribution in [0, 0.1) is 11.8 Å². The number of hydrogen-bond donors (Lipinski definition) is 0. The Hall–Kier alpha value is -0.530. The Morgan fingerprint density at radius 3 is 1.66 bits per heavy atom. The van der Waals surface area contributed by atoms with E-state index < -0.39 is 0 Å². The van der Waals surface area contributed by atoms with E-state index in [9.17, 15) is 4.79 Å². The van der Waals surface area contributed by atoms with Crippen LogP contribution in [0.2, 0.25) is 0 Å². The first-order chi connectivity index (χ1) is 14.1. The molecule has 0 rings (SSSR count). The Bertz CT molecular complexity index is 337. The van der Waals surface area contributed by atoms with E-state index in [-0.39, 0.29) is 5.97 Å². The van der Waals surface area contributed by atoms with Crippen LogP contribution in [0.1, 0.15) is 150 Å². The number of carbonyl (C=O) groups excluding carboxylic acids is 1. The highest BCUT2D eigenvalue weighted by atomic mass is 16.5. The number of carbonyl (C=O) groups is 1. The first-order valence-corrected chi connectivity index (χ1v) is 13.3. The minimum atomic E-state index is 0.0356. The van der Waals surface area contributed by atoms with Gasteiger partial charge in [-0.05, 0) is 31.1 Å². The topological polar surface area (TPSA) is 26.3 Å². The first-order valence-electron chi connectivity index (χ1n) is 13.3. The number of ether oxygens (including phenoxy) is 1. The molecule has 0 saturated carbocycles. The summed E-state index contributed by atoms with van der Waals surface area (Å²) in [5.74, 6) is 1.46. The molecule has 1 unspecified atom stereocenters. The molecule has 0 aliphatic rings. The molecule has 0 heterocycles. The van der Waals surface area contributed by atoms with Gasteiger partial charge in [-0.3, -0.25) is 4.79 Å². The fourth-order valence-electron chi connectivity index (χ4n) is 4.02. The number of rotatable bonds is 22. The van der Waals surface area contributed by atoms with Gasteiger partial charge >= 0.3 is 5.97 Å². The van der Waals surface area contributed by atoms with Gasteiger partial charge in [0.2, 0.25) is 0 Å². The van der Waals surface area contributed by atoms with Crippen molar-refractivity contribution in [3.8, 4) is 0 Å². The molecule has 0 aromatic carbocycles. The Morgan fingerprint density at radius 1 is 0.621 bits per heavy atom. The fourth-order valence-corrected chi connectivity index (χ4v) is 4.02. The molecule has 0 aliphatic heterocycles. The lowest BCUT2D eigenvalue weighted by atomic mass is 9.95. The Morgan fingerprint density at radius 2 is 1.07 bits per heavy atom. The third-order valence-corrected chi connectivity index (χ3v) is 6.07. The van der Waals surface area contributed by atoms with Crippen LogP contribution in [0.5, 0.6) is 0 Å². The highest BCUT2D eigenvalue weighted by Gasteiger charge is 2.12. The first kappa shape index (κ1) is 28.5. The fraction of sp³-hybridized carbons (Fsp3) is 0.963. The van der Waals surface area contributed by atoms with E-state index in [4.69, 9.17) is 4.74 Å². The van der Waals surface area contributed by atoms with Crippen LogP contribution in [0.25, 0.3) is 0 Å². The predicted octanol–water partition coefficient (Wildman–Crippen LogP) is 9.25. The summed E-state index contributed by atoms with van der Waals surface area (Å²) < 4.78 is 5.66. The van der Waals surface area contributed by atoms with Gasteiger partial charge in [-0.2, -0.15) is 0 Å². The smallest absolute Gasteiger partial charge is 0.305 e. The maximum absolute atomic E-state index is 12.1. The quantitative estimate of drug-likeness (QED) is 0.131. The van der Waals surface area contributed by atoms with Crippen LogP contribution in [0.4, 0.5) is 0 Å². The summed E-state index contributed by atoms with van der Waals surface area (Å²) in [5, 5.41) is 0. The van der Waals surface area contributed by atoms with E-state index in [0.717, 1.165) is 12.3 Å². The van der Waals surface area contributed by atoms with Crippen LogP contribution in [0.3, 0.4) is 0 Å². The summed E-state index contributed by atoms with van der Waals surface area (Å²) in [6.45, 7) is 9.79. The van der Waals surface area contributed by atoms with Crippen LogP contribution < -0.4 is 0 Å². The maximum Gasteiger partial charge on any atom is 0.305 e. The lowest BCUT2D eigenvalue weighted by Crippen LogP contribution is -2.14. The zero-order valence-corrected chi connectivity index (χ0v) is 20.6. The molecule has 1 atom stereocenters. The predicted molar refractivity (Wildman–Crippen MR) is 128 cm³/mol. The van der Waals surface area contributed by atoms with Crippen molar-refractivity contribution >= 4 is 5.97 Å². The van der Waals surface area contributed by atoms with Gasteiger partial charge in [0.15, 0.2) is 0 Å². The maximum atomic E-state index is 12.1. The van der Waals surface area contributed by atoms with Gasteiger partial charge < -0.3 is 4.74 Å². The number of hydrogen-bond acceptors (Lipinski definition) is 2. The Kier molecular flexibility index (Phi) is 21.8. The van der Waals surface area contributed by atoms with Crippen molar-refractivity contribution in [3.05, 3.63) is 0 Å². The Balaban J connectivity index is 3.73.